The molecule has 1 aliphatic rings. The zero-order valence-electron chi connectivity index (χ0n) is 19.1. The third-order valence-corrected chi connectivity index (χ3v) is 5.47. The maximum Gasteiger partial charge on any atom is 0.282 e. The molecule has 6 heteroatoms. The second-order valence-electron chi connectivity index (χ2n) is 7.80. The number of ether oxygens (including phenoxy) is 2. The summed E-state index contributed by atoms with van der Waals surface area (Å²) < 4.78 is 10.8. The van der Waals surface area contributed by atoms with Gasteiger partial charge in [0.05, 0.1) is 25.0 Å². The molecule has 1 N–H and O–H groups in total. The van der Waals surface area contributed by atoms with Crippen LogP contribution in [0.2, 0.25) is 0 Å². The molecule has 3 aromatic rings. The van der Waals surface area contributed by atoms with Gasteiger partial charge in [0.1, 0.15) is 17.2 Å². The minimum atomic E-state index is -0.403. The number of hydrogen-bond acceptors (Lipinski definition) is 5. The van der Waals surface area contributed by atoms with Crippen LogP contribution in [0.4, 0.5) is 11.4 Å². The highest BCUT2D eigenvalue weighted by atomic mass is 16.5. The third-order valence-electron chi connectivity index (χ3n) is 5.47. The molecule has 0 aromatic heterocycles. The fourth-order valence-corrected chi connectivity index (χ4v) is 3.92. The van der Waals surface area contributed by atoms with Crippen molar-refractivity contribution in [2.24, 2.45) is 0 Å². The number of nitrogens with zero attached hydrogens (tertiary/aromatic N) is 1. The van der Waals surface area contributed by atoms with E-state index in [1.54, 1.807) is 37.4 Å². The van der Waals surface area contributed by atoms with Crippen molar-refractivity contribution in [3.05, 3.63) is 89.1 Å². The van der Waals surface area contributed by atoms with Crippen LogP contribution < -0.4 is 19.7 Å². The van der Waals surface area contributed by atoms with Crippen LogP contribution in [0, 0.1) is 13.8 Å². The van der Waals surface area contributed by atoms with E-state index >= 15 is 0 Å². The van der Waals surface area contributed by atoms with E-state index in [1.807, 2.05) is 57.2 Å². The van der Waals surface area contributed by atoms with Gasteiger partial charge in [0.25, 0.3) is 11.8 Å². The first kappa shape index (κ1) is 22.1. The minimum Gasteiger partial charge on any atom is -0.497 e. The predicted octanol–water partition coefficient (Wildman–Crippen LogP) is 5.11. The van der Waals surface area contributed by atoms with E-state index in [2.05, 4.69) is 5.32 Å². The number of aryl methyl sites for hydroxylation is 2. The van der Waals surface area contributed by atoms with Crippen LogP contribution in [0.3, 0.4) is 0 Å². The van der Waals surface area contributed by atoms with Crippen molar-refractivity contribution in [1.82, 2.24) is 0 Å². The van der Waals surface area contributed by atoms with Gasteiger partial charge in [-0.15, -0.1) is 0 Å². The predicted molar refractivity (Wildman–Crippen MR) is 130 cm³/mol. The third kappa shape index (κ3) is 4.32. The minimum absolute atomic E-state index is 0.221. The lowest BCUT2D eigenvalue weighted by atomic mass is 10.0. The molecule has 0 spiro atoms. The van der Waals surface area contributed by atoms with Gasteiger partial charge in [-0.2, -0.15) is 0 Å². The Balaban J connectivity index is 1.81. The van der Waals surface area contributed by atoms with Gasteiger partial charge in [0, 0.05) is 11.8 Å². The molecule has 1 heterocycles. The van der Waals surface area contributed by atoms with Crippen molar-refractivity contribution in [2.45, 2.75) is 20.8 Å². The monoisotopic (exact) mass is 442 g/mol. The van der Waals surface area contributed by atoms with Crippen molar-refractivity contribution < 1.29 is 19.1 Å². The van der Waals surface area contributed by atoms with E-state index in [0.717, 1.165) is 11.1 Å². The smallest absolute Gasteiger partial charge is 0.282 e. The summed E-state index contributed by atoms with van der Waals surface area (Å²) in [4.78, 5) is 28.5. The number of carbonyl (C=O) groups is 2. The summed E-state index contributed by atoms with van der Waals surface area (Å²) in [5.41, 5.74) is 4.30. The highest BCUT2D eigenvalue weighted by molar-refractivity contribution is 6.46. The first-order chi connectivity index (χ1) is 15.9. The molecule has 168 valence electrons. The zero-order valence-corrected chi connectivity index (χ0v) is 19.1. The largest absolute Gasteiger partial charge is 0.497 e. The van der Waals surface area contributed by atoms with Gasteiger partial charge in [0.15, 0.2) is 0 Å². The lowest BCUT2D eigenvalue weighted by Crippen LogP contribution is -2.33. The molecule has 0 bridgehead atoms. The maximum atomic E-state index is 13.6. The fraction of sp³-hybridized carbons (Fsp3) is 0.185. The summed E-state index contributed by atoms with van der Waals surface area (Å²) in [7, 11) is 1.58. The van der Waals surface area contributed by atoms with Gasteiger partial charge >= 0.3 is 0 Å². The van der Waals surface area contributed by atoms with Crippen LogP contribution in [0.5, 0.6) is 11.5 Å². The van der Waals surface area contributed by atoms with Gasteiger partial charge in [-0.05, 0) is 62.2 Å². The Labute approximate surface area is 193 Å². The Kier molecular flexibility index (Phi) is 6.18. The van der Waals surface area contributed by atoms with Crippen LogP contribution >= 0.6 is 0 Å². The molecule has 0 radical (unpaired) electrons. The molecule has 2 amide bonds. The van der Waals surface area contributed by atoms with Crippen molar-refractivity contribution in [1.29, 1.82) is 0 Å². The summed E-state index contributed by atoms with van der Waals surface area (Å²) in [6.45, 7) is 6.31. The molecular weight excluding hydrogens is 416 g/mol. The number of nitrogens with one attached hydrogen (secondary N) is 1. The summed E-state index contributed by atoms with van der Waals surface area (Å²) in [6.07, 6.45) is 0. The molecule has 0 saturated carbocycles. The number of hydrogen-bond donors (Lipinski definition) is 1. The van der Waals surface area contributed by atoms with Gasteiger partial charge in [0.2, 0.25) is 0 Å². The van der Waals surface area contributed by atoms with Crippen LogP contribution in [0.15, 0.2) is 72.4 Å². The topological polar surface area (TPSA) is 67.9 Å². The fourth-order valence-electron chi connectivity index (χ4n) is 3.92. The highest BCUT2D eigenvalue weighted by Crippen LogP contribution is 2.36. The van der Waals surface area contributed by atoms with E-state index in [9.17, 15) is 9.59 Å². The Morgan fingerprint density at radius 2 is 1.64 bits per heavy atom. The average molecular weight is 443 g/mol. The number of carbonyl (C=O) groups excluding carboxylic acids is 2. The molecule has 0 atom stereocenters. The molecule has 4 rings (SSSR count). The summed E-state index contributed by atoms with van der Waals surface area (Å²) in [5, 5.41) is 3.18. The Morgan fingerprint density at radius 1 is 0.879 bits per heavy atom. The summed E-state index contributed by atoms with van der Waals surface area (Å²) >= 11 is 0. The molecule has 0 fully saturated rings. The van der Waals surface area contributed by atoms with E-state index < -0.39 is 5.91 Å². The molecular formula is C27H26N2O4. The SMILES string of the molecule is CCOc1cccc(NC2=C(c3ccc(OC)cc3)C(=O)N(c3ccc(C)cc3C)C2=O)c1. The van der Waals surface area contributed by atoms with Crippen molar-refractivity contribution in [3.8, 4) is 11.5 Å². The second kappa shape index (κ2) is 9.20. The summed E-state index contributed by atoms with van der Waals surface area (Å²) in [5.74, 6) is 0.568. The number of rotatable bonds is 7. The van der Waals surface area contributed by atoms with Gasteiger partial charge in [-0.3, -0.25) is 9.59 Å². The highest BCUT2D eigenvalue weighted by Gasteiger charge is 2.40. The number of methoxy groups -OCH3 is 1. The van der Waals surface area contributed by atoms with Crippen LogP contribution in [-0.4, -0.2) is 25.5 Å². The van der Waals surface area contributed by atoms with Crippen LogP contribution in [-0.2, 0) is 9.59 Å². The van der Waals surface area contributed by atoms with Crippen molar-refractivity contribution in [3.63, 3.8) is 0 Å². The Hall–Kier alpha value is -4.06. The van der Waals surface area contributed by atoms with E-state index in [0.29, 0.717) is 40.6 Å². The van der Waals surface area contributed by atoms with E-state index in [-0.39, 0.29) is 11.6 Å². The lowest BCUT2D eigenvalue weighted by molar-refractivity contribution is -0.120. The van der Waals surface area contributed by atoms with E-state index in [1.165, 1.54) is 4.90 Å². The molecule has 0 unspecified atom stereocenters. The van der Waals surface area contributed by atoms with Gasteiger partial charge in [-0.25, -0.2) is 4.90 Å². The number of benzene rings is 3. The molecule has 3 aromatic carbocycles. The number of amides is 2. The normalized spacial score (nSPS) is 13.5. The standard InChI is InChI=1S/C27H26N2O4/c1-5-33-22-8-6-7-20(16-22)28-25-24(19-10-12-21(32-4)13-11-19)26(30)29(27(25)31)23-14-9-17(2)15-18(23)3/h6-16,28H,5H2,1-4H3. The van der Waals surface area contributed by atoms with Crippen molar-refractivity contribution in [2.75, 3.05) is 23.9 Å². The van der Waals surface area contributed by atoms with Crippen molar-refractivity contribution >= 4 is 28.8 Å². The molecule has 6 nitrogen and oxygen atoms in total. The molecule has 0 saturated heterocycles. The first-order valence-electron chi connectivity index (χ1n) is 10.8. The van der Waals surface area contributed by atoms with Crippen LogP contribution in [0.25, 0.3) is 5.57 Å². The lowest BCUT2D eigenvalue weighted by Gasteiger charge is -2.18. The molecule has 1 aliphatic heterocycles. The average Bonchev–Trinajstić information content (AvgIpc) is 3.04. The Bertz CT molecular complexity index is 1250. The summed E-state index contributed by atoms with van der Waals surface area (Å²) in [6, 6.07) is 20.1. The van der Waals surface area contributed by atoms with Gasteiger partial charge in [-0.1, -0.05) is 35.9 Å². The van der Waals surface area contributed by atoms with E-state index in [4.69, 9.17) is 9.47 Å². The van der Waals surface area contributed by atoms with Gasteiger partial charge < -0.3 is 14.8 Å². The zero-order chi connectivity index (χ0) is 23.5. The molecule has 33 heavy (non-hydrogen) atoms. The maximum absolute atomic E-state index is 13.6. The first-order valence-corrected chi connectivity index (χ1v) is 10.8. The number of anilines is 2. The number of imide groups is 1. The van der Waals surface area contributed by atoms with Crippen LogP contribution in [0.1, 0.15) is 23.6 Å². The molecule has 0 aliphatic carbocycles. The quantitative estimate of drug-likeness (QED) is 0.515. The second-order valence-corrected chi connectivity index (χ2v) is 7.80. The Morgan fingerprint density at radius 3 is 2.30 bits per heavy atom.